The van der Waals surface area contributed by atoms with Gasteiger partial charge < -0.3 is 10.1 Å². The van der Waals surface area contributed by atoms with Crippen molar-refractivity contribution in [3.63, 3.8) is 0 Å². The fourth-order valence-electron chi connectivity index (χ4n) is 1.68. The Morgan fingerprint density at radius 3 is 2.15 bits per heavy atom. The summed E-state index contributed by atoms with van der Waals surface area (Å²) in [6.45, 7) is 0.277. The van der Waals surface area contributed by atoms with Crippen molar-refractivity contribution in [2.24, 2.45) is 0 Å². The number of nitrogens with one attached hydrogen (secondary N) is 1. The summed E-state index contributed by atoms with van der Waals surface area (Å²) in [4.78, 5) is 0. The number of rotatable bonds is 4. The van der Waals surface area contributed by atoms with E-state index in [0.717, 1.165) is 24.3 Å². The summed E-state index contributed by atoms with van der Waals surface area (Å²) in [5, 5.41) is 2.75. The summed E-state index contributed by atoms with van der Waals surface area (Å²) in [6.07, 6.45) is 0. The van der Waals surface area contributed by atoms with Crippen molar-refractivity contribution in [3.05, 3.63) is 59.2 Å². The van der Waals surface area contributed by atoms with Crippen LogP contribution in [0.3, 0.4) is 0 Å². The highest BCUT2D eigenvalue weighted by atomic mass is 19.1. The van der Waals surface area contributed by atoms with E-state index in [0.29, 0.717) is 11.6 Å². The van der Waals surface area contributed by atoms with Gasteiger partial charge in [-0.15, -0.1) is 0 Å². The largest absolute Gasteiger partial charge is 0.448 e. The van der Waals surface area contributed by atoms with Gasteiger partial charge in [-0.1, -0.05) is 0 Å². The van der Waals surface area contributed by atoms with Crippen LogP contribution in [0.1, 0.15) is 5.56 Å². The van der Waals surface area contributed by atoms with Gasteiger partial charge in [0.15, 0.2) is 29.0 Å². The fourth-order valence-corrected chi connectivity index (χ4v) is 1.68. The van der Waals surface area contributed by atoms with E-state index in [1.54, 1.807) is 7.05 Å². The van der Waals surface area contributed by atoms with Gasteiger partial charge in [0.05, 0.1) is 0 Å². The SMILES string of the molecule is CNCc1cc(F)c(Oc2ccc(F)cc2F)c(F)c1. The van der Waals surface area contributed by atoms with Crippen LogP contribution in [0.5, 0.6) is 11.5 Å². The van der Waals surface area contributed by atoms with Gasteiger partial charge in [0.25, 0.3) is 0 Å². The first-order chi connectivity index (χ1) is 9.51. The maximum atomic E-state index is 13.7. The molecular formula is C14H11F4NO. The maximum Gasteiger partial charge on any atom is 0.198 e. The smallest absolute Gasteiger partial charge is 0.198 e. The molecule has 106 valence electrons. The molecule has 0 aliphatic carbocycles. The van der Waals surface area contributed by atoms with Crippen molar-refractivity contribution < 1.29 is 22.3 Å². The molecule has 20 heavy (non-hydrogen) atoms. The molecule has 2 aromatic carbocycles. The minimum absolute atomic E-state index is 0.277. The van der Waals surface area contributed by atoms with Crippen molar-refractivity contribution in [3.8, 4) is 11.5 Å². The fraction of sp³-hybridized carbons (Fsp3) is 0.143. The summed E-state index contributed by atoms with van der Waals surface area (Å²) in [5.74, 6) is -4.94. The number of benzene rings is 2. The van der Waals surface area contributed by atoms with Gasteiger partial charge in [-0.3, -0.25) is 0 Å². The standard InChI is InChI=1S/C14H11F4NO/c1-19-7-8-4-11(17)14(12(18)5-8)20-13-3-2-9(15)6-10(13)16/h2-6,19H,7H2,1H3. The van der Waals surface area contributed by atoms with Crippen LogP contribution in [0, 0.1) is 23.3 Å². The van der Waals surface area contributed by atoms with Gasteiger partial charge in [-0.25, -0.2) is 17.6 Å². The lowest BCUT2D eigenvalue weighted by atomic mass is 10.2. The maximum absolute atomic E-state index is 13.7. The Morgan fingerprint density at radius 2 is 1.60 bits per heavy atom. The molecule has 0 amide bonds. The van der Waals surface area contributed by atoms with Crippen LogP contribution in [0.2, 0.25) is 0 Å². The zero-order valence-corrected chi connectivity index (χ0v) is 10.5. The van der Waals surface area contributed by atoms with Crippen LogP contribution in [0.4, 0.5) is 17.6 Å². The Labute approximate surface area is 113 Å². The van der Waals surface area contributed by atoms with E-state index in [-0.39, 0.29) is 6.54 Å². The Morgan fingerprint density at radius 1 is 0.950 bits per heavy atom. The Hall–Kier alpha value is -2.08. The molecule has 2 nitrogen and oxygen atoms in total. The van der Waals surface area contributed by atoms with Gasteiger partial charge in [0.1, 0.15) is 5.82 Å². The molecule has 0 saturated carbocycles. The lowest BCUT2D eigenvalue weighted by Crippen LogP contribution is -2.06. The third-order valence-corrected chi connectivity index (χ3v) is 2.54. The molecule has 0 spiro atoms. The van der Waals surface area contributed by atoms with Gasteiger partial charge >= 0.3 is 0 Å². The normalized spacial score (nSPS) is 10.7. The highest BCUT2D eigenvalue weighted by Gasteiger charge is 2.15. The Bertz CT molecular complexity index is 608. The van der Waals surface area contributed by atoms with Crippen molar-refractivity contribution in [1.29, 1.82) is 0 Å². The number of ether oxygens (including phenoxy) is 1. The van der Waals surface area contributed by atoms with E-state index in [4.69, 9.17) is 4.74 Å². The molecule has 1 N–H and O–H groups in total. The molecule has 0 unspecified atom stereocenters. The van der Waals surface area contributed by atoms with E-state index in [9.17, 15) is 17.6 Å². The Balaban J connectivity index is 2.33. The van der Waals surface area contributed by atoms with Crippen LogP contribution in [0.25, 0.3) is 0 Å². The minimum Gasteiger partial charge on any atom is -0.448 e. The number of hydrogen-bond donors (Lipinski definition) is 1. The molecule has 0 atom stereocenters. The van der Waals surface area contributed by atoms with Crippen LogP contribution >= 0.6 is 0 Å². The second-order valence-corrected chi connectivity index (χ2v) is 4.10. The first-order valence-electron chi connectivity index (χ1n) is 5.76. The monoisotopic (exact) mass is 285 g/mol. The average Bonchev–Trinajstić information content (AvgIpc) is 2.36. The van der Waals surface area contributed by atoms with E-state index in [1.165, 1.54) is 0 Å². The summed E-state index contributed by atoms with van der Waals surface area (Å²) in [5.41, 5.74) is 0.384. The predicted molar refractivity (Wildman–Crippen MR) is 65.6 cm³/mol. The van der Waals surface area contributed by atoms with Crippen molar-refractivity contribution in [1.82, 2.24) is 5.32 Å². The lowest BCUT2D eigenvalue weighted by molar-refractivity contribution is 0.384. The molecule has 0 aliphatic rings. The third kappa shape index (κ3) is 3.08. The molecule has 0 fully saturated rings. The first-order valence-corrected chi connectivity index (χ1v) is 5.76. The molecular weight excluding hydrogens is 274 g/mol. The first kappa shape index (κ1) is 14.3. The summed E-state index contributed by atoms with van der Waals surface area (Å²) >= 11 is 0. The second-order valence-electron chi connectivity index (χ2n) is 4.10. The summed E-state index contributed by atoms with van der Waals surface area (Å²) in [6, 6.07) is 4.63. The quantitative estimate of drug-likeness (QED) is 0.864. The lowest BCUT2D eigenvalue weighted by Gasteiger charge is -2.10. The van der Waals surface area contributed by atoms with E-state index < -0.39 is 34.8 Å². The van der Waals surface area contributed by atoms with Gasteiger partial charge in [0.2, 0.25) is 0 Å². The average molecular weight is 285 g/mol. The van der Waals surface area contributed by atoms with Crippen molar-refractivity contribution in [2.75, 3.05) is 7.05 Å². The van der Waals surface area contributed by atoms with E-state index in [2.05, 4.69) is 5.32 Å². The van der Waals surface area contributed by atoms with E-state index in [1.807, 2.05) is 0 Å². The molecule has 0 heterocycles. The van der Waals surface area contributed by atoms with Gasteiger partial charge in [-0.2, -0.15) is 0 Å². The van der Waals surface area contributed by atoms with E-state index >= 15 is 0 Å². The van der Waals surface area contributed by atoms with Crippen LogP contribution in [-0.4, -0.2) is 7.05 Å². The second kappa shape index (κ2) is 5.92. The van der Waals surface area contributed by atoms with Gasteiger partial charge in [0, 0.05) is 12.6 Å². The zero-order valence-electron chi connectivity index (χ0n) is 10.5. The molecule has 0 bridgehead atoms. The highest BCUT2D eigenvalue weighted by molar-refractivity contribution is 5.36. The molecule has 2 aromatic rings. The number of hydrogen-bond acceptors (Lipinski definition) is 2. The summed E-state index contributed by atoms with van der Waals surface area (Å²) in [7, 11) is 1.63. The molecule has 0 aliphatic heterocycles. The summed E-state index contributed by atoms with van der Waals surface area (Å²) < 4.78 is 58.4. The predicted octanol–water partition coefficient (Wildman–Crippen LogP) is 3.75. The Kier molecular flexibility index (Phi) is 4.24. The molecule has 0 aromatic heterocycles. The van der Waals surface area contributed by atoms with Crippen molar-refractivity contribution >= 4 is 0 Å². The van der Waals surface area contributed by atoms with Crippen molar-refractivity contribution in [2.45, 2.75) is 6.54 Å². The minimum atomic E-state index is -1.04. The van der Waals surface area contributed by atoms with Gasteiger partial charge in [-0.05, 0) is 36.9 Å². The third-order valence-electron chi connectivity index (χ3n) is 2.54. The molecule has 2 rings (SSSR count). The van der Waals surface area contributed by atoms with Crippen LogP contribution < -0.4 is 10.1 Å². The molecule has 0 saturated heterocycles. The van der Waals surface area contributed by atoms with Crippen LogP contribution in [0.15, 0.2) is 30.3 Å². The molecule has 6 heteroatoms. The zero-order chi connectivity index (χ0) is 14.7. The van der Waals surface area contributed by atoms with Crippen LogP contribution in [-0.2, 0) is 6.54 Å². The molecule has 0 radical (unpaired) electrons. The topological polar surface area (TPSA) is 21.3 Å². The number of halogens is 4. The highest BCUT2D eigenvalue weighted by Crippen LogP contribution is 2.30.